The largest absolute Gasteiger partial charge is 0.394 e. The Hall–Kier alpha value is -0.790. The van der Waals surface area contributed by atoms with E-state index in [1.807, 2.05) is 0 Å². The summed E-state index contributed by atoms with van der Waals surface area (Å²) < 4.78 is 3.50. The van der Waals surface area contributed by atoms with Gasteiger partial charge in [-0.15, -0.1) is 0 Å². The molecule has 0 aromatic carbocycles. The molecule has 0 aromatic heterocycles. The van der Waals surface area contributed by atoms with Gasteiger partial charge in [-0.1, -0.05) is 0 Å². The summed E-state index contributed by atoms with van der Waals surface area (Å²) in [6.07, 6.45) is -1.35. The van der Waals surface area contributed by atoms with Crippen molar-refractivity contribution in [1.82, 2.24) is 10.2 Å². The van der Waals surface area contributed by atoms with Crippen LogP contribution in [-0.4, -0.2) is 79.9 Å². The molecular formula is C12H19IN2O7. The Morgan fingerprint density at radius 2 is 2.18 bits per heavy atom. The number of ether oxygens (including phenoxy) is 1. The monoisotopic (exact) mass is 430 g/mol. The van der Waals surface area contributed by atoms with Crippen LogP contribution in [0.2, 0.25) is 0 Å². The normalized spacial score (nSPS) is 28.1. The summed E-state index contributed by atoms with van der Waals surface area (Å²) in [5.41, 5.74) is -0.246. The van der Waals surface area contributed by atoms with Crippen molar-refractivity contribution in [3.8, 4) is 0 Å². The molecule has 1 aliphatic heterocycles. The second-order valence-electron chi connectivity index (χ2n) is 4.70. The maximum Gasteiger partial charge on any atom is 0.323 e. The lowest BCUT2D eigenvalue weighted by molar-refractivity contribution is -0.106. The Bertz CT molecular complexity index is 443. The first-order valence-corrected chi connectivity index (χ1v) is 7.52. The van der Waals surface area contributed by atoms with Crippen molar-refractivity contribution in [3.63, 3.8) is 0 Å². The van der Waals surface area contributed by atoms with Crippen LogP contribution in [0, 0.1) is 0 Å². The van der Waals surface area contributed by atoms with Gasteiger partial charge in [0.1, 0.15) is 12.3 Å². The first-order valence-electron chi connectivity index (χ1n) is 6.44. The van der Waals surface area contributed by atoms with Gasteiger partial charge in [-0.05, 0) is 22.6 Å². The number of rotatable bonds is 6. The Morgan fingerprint density at radius 3 is 2.59 bits per heavy atom. The Balaban J connectivity index is 3.09. The molecule has 1 unspecified atom stereocenters. The topological polar surface area (TPSA) is 140 Å². The SMILES string of the molecule is CNC(=O)N(/C=C(\C=O)C(O)(I)CO)[C@H]1C[C@H](O)[C@@H](CO)O1. The van der Waals surface area contributed by atoms with Crippen LogP contribution in [-0.2, 0) is 9.53 Å². The quantitative estimate of drug-likeness (QED) is 0.146. The fourth-order valence-corrected chi connectivity index (χ4v) is 2.18. The van der Waals surface area contributed by atoms with E-state index in [4.69, 9.17) is 14.9 Å². The molecular weight excluding hydrogens is 411 g/mol. The molecule has 22 heavy (non-hydrogen) atoms. The van der Waals surface area contributed by atoms with Crippen LogP contribution in [0.4, 0.5) is 4.79 Å². The summed E-state index contributed by atoms with van der Waals surface area (Å²) in [7, 11) is 1.36. The molecule has 5 N–H and O–H groups in total. The summed E-state index contributed by atoms with van der Waals surface area (Å²) in [4.78, 5) is 24.1. The summed E-state index contributed by atoms with van der Waals surface area (Å²) >= 11 is 1.47. The highest BCUT2D eigenvalue weighted by Crippen LogP contribution is 2.27. The number of nitrogens with zero attached hydrogens (tertiary/aromatic N) is 1. The lowest BCUT2D eigenvalue weighted by Gasteiger charge is -2.27. The van der Waals surface area contributed by atoms with Crippen molar-refractivity contribution >= 4 is 34.9 Å². The molecule has 0 saturated carbocycles. The van der Waals surface area contributed by atoms with E-state index in [0.29, 0.717) is 6.29 Å². The van der Waals surface area contributed by atoms with Gasteiger partial charge >= 0.3 is 6.03 Å². The smallest absolute Gasteiger partial charge is 0.323 e. The molecule has 1 heterocycles. The fourth-order valence-electron chi connectivity index (χ4n) is 1.91. The molecule has 0 spiro atoms. The second kappa shape index (κ2) is 8.17. The number of halogens is 1. The van der Waals surface area contributed by atoms with Gasteiger partial charge in [0.25, 0.3) is 0 Å². The predicted octanol–water partition coefficient (Wildman–Crippen LogP) is -1.71. The molecule has 1 aliphatic rings. The van der Waals surface area contributed by atoms with Crippen LogP contribution in [0.3, 0.4) is 0 Å². The van der Waals surface area contributed by atoms with Crippen molar-refractivity contribution in [2.45, 2.75) is 28.5 Å². The van der Waals surface area contributed by atoms with E-state index in [1.165, 1.54) is 29.6 Å². The predicted molar refractivity (Wildman–Crippen MR) is 82.9 cm³/mol. The summed E-state index contributed by atoms with van der Waals surface area (Å²) in [6, 6.07) is -0.639. The number of urea groups is 1. The number of alkyl halides is 1. The molecule has 1 saturated heterocycles. The fraction of sp³-hybridized carbons (Fsp3) is 0.667. The molecule has 126 valence electrons. The minimum Gasteiger partial charge on any atom is -0.394 e. The zero-order chi connectivity index (χ0) is 16.9. The third-order valence-corrected chi connectivity index (χ3v) is 4.16. The van der Waals surface area contributed by atoms with E-state index >= 15 is 0 Å². The maximum atomic E-state index is 12.0. The Morgan fingerprint density at radius 1 is 1.55 bits per heavy atom. The molecule has 9 nitrogen and oxygen atoms in total. The van der Waals surface area contributed by atoms with E-state index in [0.717, 1.165) is 11.1 Å². The number of aliphatic hydroxyl groups excluding tert-OH is 3. The van der Waals surface area contributed by atoms with E-state index in [2.05, 4.69) is 5.32 Å². The molecule has 0 radical (unpaired) electrons. The van der Waals surface area contributed by atoms with Crippen LogP contribution in [0.15, 0.2) is 11.8 Å². The van der Waals surface area contributed by atoms with E-state index in [9.17, 15) is 19.8 Å². The highest BCUT2D eigenvalue weighted by atomic mass is 127. The van der Waals surface area contributed by atoms with Crippen molar-refractivity contribution in [2.24, 2.45) is 0 Å². The van der Waals surface area contributed by atoms with Crippen LogP contribution in [0.1, 0.15) is 6.42 Å². The number of hydrogen-bond acceptors (Lipinski definition) is 7. The van der Waals surface area contributed by atoms with Gasteiger partial charge in [0, 0.05) is 19.7 Å². The average molecular weight is 430 g/mol. The number of amides is 2. The molecule has 1 rings (SSSR count). The Labute approximate surface area is 140 Å². The van der Waals surface area contributed by atoms with Gasteiger partial charge in [0.2, 0.25) is 0 Å². The number of carbonyl (C=O) groups excluding carboxylic acids is 2. The van der Waals surface area contributed by atoms with Crippen LogP contribution in [0.5, 0.6) is 0 Å². The lowest BCUT2D eigenvalue weighted by Crippen LogP contribution is -2.43. The van der Waals surface area contributed by atoms with Gasteiger partial charge in [-0.3, -0.25) is 9.69 Å². The van der Waals surface area contributed by atoms with Gasteiger partial charge in [-0.25, -0.2) is 4.79 Å². The highest BCUT2D eigenvalue weighted by molar-refractivity contribution is 14.1. The van der Waals surface area contributed by atoms with Gasteiger partial charge in [0.15, 0.2) is 9.89 Å². The van der Waals surface area contributed by atoms with E-state index in [-0.39, 0.29) is 12.0 Å². The summed E-state index contributed by atoms with van der Waals surface area (Å²) in [6.45, 7) is -1.15. The molecule has 0 bridgehead atoms. The number of hydrogen-bond donors (Lipinski definition) is 5. The average Bonchev–Trinajstić information content (AvgIpc) is 2.88. The van der Waals surface area contributed by atoms with Gasteiger partial charge < -0.3 is 30.5 Å². The first-order chi connectivity index (χ1) is 10.3. The highest BCUT2D eigenvalue weighted by Gasteiger charge is 2.39. The molecule has 2 amide bonds. The van der Waals surface area contributed by atoms with Crippen LogP contribution < -0.4 is 5.32 Å². The zero-order valence-corrected chi connectivity index (χ0v) is 14.0. The summed E-state index contributed by atoms with van der Waals surface area (Å²) in [5.74, 6) is 0. The lowest BCUT2D eigenvalue weighted by atomic mass is 10.1. The number of carbonyl (C=O) groups is 2. The van der Waals surface area contributed by atoms with Crippen LogP contribution >= 0.6 is 22.6 Å². The van der Waals surface area contributed by atoms with E-state index < -0.39 is 41.3 Å². The molecule has 1 fully saturated rings. The molecule has 0 aliphatic carbocycles. The van der Waals surface area contributed by atoms with Crippen molar-refractivity contribution in [2.75, 3.05) is 20.3 Å². The zero-order valence-electron chi connectivity index (χ0n) is 11.8. The molecule has 0 aromatic rings. The molecule has 10 heteroatoms. The Kier molecular flexibility index (Phi) is 7.15. The van der Waals surface area contributed by atoms with Crippen molar-refractivity contribution in [3.05, 3.63) is 11.8 Å². The third kappa shape index (κ3) is 4.36. The van der Waals surface area contributed by atoms with Gasteiger partial charge in [0.05, 0.1) is 24.9 Å². The third-order valence-electron chi connectivity index (χ3n) is 3.20. The minimum absolute atomic E-state index is 0.0279. The minimum atomic E-state index is -1.86. The standard InChI is InChI=1S/C12H19IN2O7/c1-14-11(20)15(3-7(4-16)12(13,21)6-18)10-2-8(19)9(5-17)22-10/h3-4,8-10,17-19,21H,2,5-6H2,1H3,(H,14,20)/b7-3+/t8-,9+,10+,12?/m0/s1. The van der Waals surface area contributed by atoms with Crippen molar-refractivity contribution < 1.29 is 34.8 Å². The maximum absolute atomic E-state index is 12.0. The second-order valence-corrected chi connectivity index (χ2v) is 6.48. The van der Waals surface area contributed by atoms with Crippen LogP contribution in [0.25, 0.3) is 0 Å². The number of aliphatic hydroxyl groups is 4. The van der Waals surface area contributed by atoms with Crippen molar-refractivity contribution in [1.29, 1.82) is 0 Å². The van der Waals surface area contributed by atoms with Gasteiger partial charge in [-0.2, -0.15) is 0 Å². The molecule has 4 atom stereocenters. The first kappa shape index (κ1) is 19.3. The summed E-state index contributed by atoms with van der Waals surface area (Å²) in [5, 5.41) is 40.2. The number of aldehydes is 1. The number of nitrogens with one attached hydrogen (secondary N) is 1. The van der Waals surface area contributed by atoms with E-state index in [1.54, 1.807) is 0 Å².